The Morgan fingerprint density at radius 2 is 2.08 bits per heavy atom. The standard InChI is InChI=1S/C19H25BrN2O3/c1-21(11-13-9-15(20)7-8-17(13)25-2)19(24)14-10-18(23)22(12-14)16-5-3-4-6-16/h7-9,14,16H,3-6,10-12H2,1-2H3. The lowest BCUT2D eigenvalue weighted by molar-refractivity contribution is -0.135. The van der Waals surface area contributed by atoms with Crippen molar-refractivity contribution in [2.75, 3.05) is 20.7 Å². The van der Waals surface area contributed by atoms with Gasteiger partial charge in [-0.25, -0.2) is 0 Å². The highest BCUT2D eigenvalue weighted by Gasteiger charge is 2.39. The minimum absolute atomic E-state index is 0.0378. The van der Waals surface area contributed by atoms with E-state index >= 15 is 0 Å². The summed E-state index contributed by atoms with van der Waals surface area (Å²) in [6.07, 6.45) is 4.88. The average Bonchev–Trinajstić information content (AvgIpc) is 3.23. The van der Waals surface area contributed by atoms with Crippen LogP contribution in [0.15, 0.2) is 22.7 Å². The van der Waals surface area contributed by atoms with Crippen LogP contribution in [0.25, 0.3) is 0 Å². The molecule has 1 unspecified atom stereocenters. The van der Waals surface area contributed by atoms with Crippen molar-refractivity contribution < 1.29 is 14.3 Å². The van der Waals surface area contributed by atoms with E-state index in [0.29, 0.717) is 25.6 Å². The highest BCUT2D eigenvalue weighted by molar-refractivity contribution is 9.10. The third kappa shape index (κ3) is 4.00. The van der Waals surface area contributed by atoms with Crippen LogP contribution in [0.4, 0.5) is 0 Å². The van der Waals surface area contributed by atoms with E-state index in [1.54, 1.807) is 19.1 Å². The Morgan fingerprint density at radius 3 is 2.76 bits per heavy atom. The van der Waals surface area contributed by atoms with Crippen LogP contribution in [0.1, 0.15) is 37.7 Å². The molecule has 1 atom stereocenters. The van der Waals surface area contributed by atoms with Gasteiger partial charge in [-0.05, 0) is 31.0 Å². The highest BCUT2D eigenvalue weighted by Crippen LogP contribution is 2.31. The van der Waals surface area contributed by atoms with E-state index in [2.05, 4.69) is 15.9 Å². The van der Waals surface area contributed by atoms with E-state index < -0.39 is 0 Å². The quantitative estimate of drug-likeness (QED) is 0.751. The van der Waals surface area contributed by atoms with Crippen molar-refractivity contribution in [2.45, 2.75) is 44.7 Å². The third-order valence-electron chi connectivity index (χ3n) is 5.30. The van der Waals surface area contributed by atoms with Gasteiger partial charge in [-0.1, -0.05) is 28.8 Å². The summed E-state index contributed by atoms with van der Waals surface area (Å²) in [6.45, 7) is 1.04. The molecule has 0 radical (unpaired) electrons. The lowest BCUT2D eigenvalue weighted by Gasteiger charge is -2.25. The molecule has 2 fully saturated rings. The number of amides is 2. The first-order valence-corrected chi connectivity index (χ1v) is 9.65. The number of halogens is 1. The Bertz CT molecular complexity index is 658. The number of hydrogen-bond donors (Lipinski definition) is 0. The second-order valence-corrected chi connectivity index (χ2v) is 7.95. The molecule has 2 amide bonds. The Kier molecular flexibility index (Phi) is 5.67. The average molecular weight is 409 g/mol. The number of nitrogens with zero attached hydrogens (tertiary/aromatic N) is 2. The maximum Gasteiger partial charge on any atom is 0.228 e. The first kappa shape index (κ1) is 18.2. The molecule has 136 valence electrons. The molecule has 0 bridgehead atoms. The summed E-state index contributed by atoms with van der Waals surface area (Å²) >= 11 is 3.46. The third-order valence-corrected chi connectivity index (χ3v) is 5.79. The highest BCUT2D eigenvalue weighted by atomic mass is 79.9. The van der Waals surface area contributed by atoms with Gasteiger partial charge in [0.2, 0.25) is 11.8 Å². The summed E-state index contributed by atoms with van der Waals surface area (Å²) in [4.78, 5) is 28.8. The van der Waals surface area contributed by atoms with Crippen LogP contribution in [0.5, 0.6) is 5.75 Å². The van der Waals surface area contributed by atoms with Crippen LogP contribution in [-0.2, 0) is 16.1 Å². The summed E-state index contributed by atoms with van der Waals surface area (Å²) in [6, 6.07) is 6.12. The number of hydrogen-bond acceptors (Lipinski definition) is 3. The van der Waals surface area contributed by atoms with Gasteiger partial charge in [-0.15, -0.1) is 0 Å². The molecule has 1 saturated heterocycles. The van der Waals surface area contributed by atoms with Crippen molar-refractivity contribution >= 4 is 27.7 Å². The molecule has 0 N–H and O–H groups in total. The maximum absolute atomic E-state index is 12.8. The van der Waals surface area contributed by atoms with Gasteiger partial charge < -0.3 is 14.5 Å². The van der Waals surface area contributed by atoms with Gasteiger partial charge in [0.1, 0.15) is 5.75 Å². The van der Waals surface area contributed by atoms with E-state index in [9.17, 15) is 9.59 Å². The molecule has 1 aromatic rings. The van der Waals surface area contributed by atoms with Crippen molar-refractivity contribution in [3.05, 3.63) is 28.2 Å². The van der Waals surface area contributed by atoms with Crippen LogP contribution >= 0.6 is 15.9 Å². The van der Waals surface area contributed by atoms with Crippen molar-refractivity contribution in [3.8, 4) is 5.75 Å². The number of benzene rings is 1. The minimum atomic E-state index is -0.226. The topological polar surface area (TPSA) is 49.9 Å². The van der Waals surface area contributed by atoms with Crippen LogP contribution in [0.2, 0.25) is 0 Å². The van der Waals surface area contributed by atoms with Gasteiger partial charge in [-0.3, -0.25) is 9.59 Å². The van der Waals surface area contributed by atoms with Gasteiger partial charge in [0.05, 0.1) is 13.0 Å². The lowest BCUT2D eigenvalue weighted by Crippen LogP contribution is -2.37. The van der Waals surface area contributed by atoms with Gasteiger partial charge in [0.15, 0.2) is 0 Å². The van der Waals surface area contributed by atoms with Gasteiger partial charge in [0, 0.05) is 42.6 Å². The number of carbonyl (C=O) groups is 2. The van der Waals surface area contributed by atoms with Gasteiger partial charge in [-0.2, -0.15) is 0 Å². The number of methoxy groups -OCH3 is 1. The van der Waals surface area contributed by atoms with Crippen LogP contribution in [0, 0.1) is 5.92 Å². The SMILES string of the molecule is COc1ccc(Br)cc1CN(C)C(=O)C1CC(=O)N(C2CCCC2)C1. The fourth-order valence-corrected chi connectivity index (χ4v) is 4.39. The van der Waals surface area contributed by atoms with Crippen LogP contribution in [-0.4, -0.2) is 48.4 Å². The van der Waals surface area contributed by atoms with E-state index in [0.717, 1.165) is 28.6 Å². The molecule has 5 nitrogen and oxygen atoms in total. The predicted molar refractivity (Wildman–Crippen MR) is 99.2 cm³/mol. The first-order valence-electron chi connectivity index (χ1n) is 8.86. The Hall–Kier alpha value is -1.56. The fourth-order valence-electron chi connectivity index (χ4n) is 3.98. The van der Waals surface area contributed by atoms with Crippen molar-refractivity contribution in [1.29, 1.82) is 0 Å². The number of carbonyl (C=O) groups excluding carboxylic acids is 2. The minimum Gasteiger partial charge on any atom is -0.496 e. The summed E-state index contributed by atoms with van der Waals surface area (Å²) in [5.74, 6) is 0.712. The zero-order valence-electron chi connectivity index (χ0n) is 14.8. The lowest BCUT2D eigenvalue weighted by atomic mass is 10.1. The van der Waals surface area contributed by atoms with Crippen molar-refractivity contribution in [2.24, 2.45) is 5.92 Å². The Morgan fingerprint density at radius 1 is 1.36 bits per heavy atom. The zero-order chi connectivity index (χ0) is 18.0. The van der Waals surface area contributed by atoms with E-state index in [1.165, 1.54) is 12.8 Å². The molecule has 0 aromatic heterocycles. The summed E-state index contributed by atoms with van der Waals surface area (Å²) in [5, 5.41) is 0. The molecule has 1 aromatic carbocycles. The fraction of sp³-hybridized carbons (Fsp3) is 0.579. The first-order chi connectivity index (χ1) is 12.0. The molecular weight excluding hydrogens is 384 g/mol. The number of likely N-dealkylation sites (tertiary alicyclic amines) is 1. The second kappa shape index (κ2) is 7.77. The molecule has 25 heavy (non-hydrogen) atoms. The Labute approximate surface area is 157 Å². The van der Waals surface area contributed by atoms with E-state index in [4.69, 9.17) is 4.74 Å². The Balaban J connectivity index is 1.65. The van der Waals surface area contributed by atoms with Gasteiger partial charge in [0.25, 0.3) is 0 Å². The monoisotopic (exact) mass is 408 g/mol. The summed E-state index contributed by atoms with van der Waals surface area (Å²) in [5.41, 5.74) is 0.949. The van der Waals surface area contributed by atoms with Crippen molar-refractivity contribution in [1.82, 2.24) is 9.80 Å². The number of ether oxygens (including phenoxy) is 1. The summed E-state index contributed by atoms with van der Waals surface area (Å²) < 4.78 is 6.34. The zero-order valence-corrected chi connectivity index (χ0v) is 16.4. The molecule has 1 aliphatic carbocycles. The van der Waals surface area contributed by atoms with Crippen LogP contribution in [0.3, 0.4) is 0 Å². The number of rotatable bonds is 5. The summed E-state index contributed by atoms with van der Waals surface area (Å²) in [7, 11) is 3.43. The largest absolute Gasteiger partial charge is 0.496 e. The molecule has 1 aliphatic heterocycles. The van der Waals surface area contributed by atoms with E-state index in [1.807, 2.05) is 23.1 Å². The van der Waals surface area contributed by atoms with Crippen molar-refractivity contribution in [3.63, 3.8) is 0 Å². The molecule has 0 spiro atoms. The van der Waals surface area contributed by atoms with Gasteiger partial charge >= 0.3 is 0 Å². The predicted octanol–water partition coefficient (Wildman–Crippen LogP) is 3.21. The smallest absolute Gasteiger partial charge is 0.228 e. The normalized spacial score (nSPS) is 21.0. The molecule has 6 heteroatoms. The molecular formula is C19H25BrN2O3. The van der Waals surface area contributed by atoms with Crippen LogP contribution < -0.4 is 4.74 Å². The maximum atomic E-state index is 12.8. The molecule has 1 saturated carbocycles. The second-order valence-electron chi connectivity index (χ2n) is 7.04. The van der Waals surface area contributed by atoms with E-state index in [-0.39, 0.29) is 17.7 Å². The molecule has 1 heterocycles. The molecule has 2 aliphatic rings. The molecule has 3 rings (SSSR count).